The van der Waals surface area contributed by atoms with Gasteiger partial charge in [0.05, 0.1) is 6.04 Å². The Bertz CT molecular complexity index is 242. The third kappa shape index (κ3) is 3.89. The van der Waals surface area contributed by atoms with Crippen LogP contribution in [0.4, 0.5) is 0 Å². The molecule has 0 aliphatic heterocycles. The Hall–Kier alpha value is -0.370. The van der Waals surface area contributed by atoms with E-state index in [1.807, 2.05) is 27.8 Å². The number of ketones is 1. The predicted octanol–water partition coefficient (Wildman–Crippen LogP) is 3.36. The molecule has 2 nitrogen and oxygen atoms in total. The fraction of sp³-hybridized carbons (Fsp3) is 0.929. The zero-order valence-corrected chi connectivity index (χ0v) is 12.5. The number of Topliss-reactive ketones (excluding diaryl/α,β-unsaturated/α-hetero) is 1. The second kappa shape index (κ2) is 4.87. The van der Waals surface area contributed by atoms with Gasteiger partial charge in [-0.05, 0) is 33.7 Å². The molecule has 0 saturated carbocycles. The minimum atomic E-state index is -0.269. The summed E-state index contributed by atoms with van der Waals surface area (Å²) < 4.78 is 0. The maximum atomic E-state index is 12.5. The van der Waals surface area contributed by atoms with Gasteiger partial charge in [0, 0.05) is 11.0 Å². The van der Waals surface area contributed by atoms with E-state index in [1.54, 1.807) is 0 Å². The van der Waals surface area contributed by atoms with Crippen molar-refractivity contribution in [2.24, 2.45) is 11.3 Å². The monoisotopic (exact) mass is 227 g/mol. The highest BCUT2D eigenvalue weighted by atomic mass is 16.1. The van der Waals surface area contributed by atoms with Crippen LogP contribution in [0.5, 0.6) is 0 Å². The fourth-order valence-electron chi connectivity index (χ4n) is 1.79. The van der Waals surface area contributed by atoms with Crippen molar-refractivity contribution in [2.45, 2.75) is 67.0 Å². The summed E-state index contributed by atoms with van der Waals surface area (Å²) in [5.41, 5.74) is -0.246. The van der Waals surface area contributed by atoms with Crippen molar-refractivity contribution < 1.29 is 4.79 Å². The molecule has 1 atom stereocenters. The predicted molar refractivity (Wildman–Crippen MR) is 70.6 cm³/mol. The van der Waals surface area contributed by atoms with Crippen molar-refractivity contribution in [1.29, 1.82) is 0 Å². The molecule has 0 aromatic rings. The average Bonchev–Trinajstić information content (AvgIpc) is 1.99. The Morgan fingerprint density at radius 3 is 1.56 bits per heavy atom. The summed E-state index contributed by atoms with van der Waals surface area (Å²) in [5.74, 6) is 0.677. The van der Waals surface area contributed by atoms with E-state index in [0.717, 1.165) is 0 Å². The Morgan fingerprint density at radius 2 is 1.38 bits per heavy atom. The van der Waals surface area contributed by atoms with Gasteiger partial charge in [0.2, 0.25) is 0 Å². The first-order valence-corrected chi connectivity index (χ1v) is 6.16. The summed E-state index contributed by atoms with van der Waals surface area (Å²) in [6.07, 6.45) is 0. The molecular formula is C14H29NO. The fourth-order valence-corrected chi connectivity index (χ4v) is 1.79. The number of hydrogen-bond donors (Lipinski definition) is 0. The zero-order chi connectivity index (χ0) is 13.3. The zero-order valence-electron chi connectivity index (χ0n) is 12.5. The molecule has 0 unspecified atom stereocenters. The van der Waals surface area contributed by atoms with Gasteiger partial charge in [-0.15, -0.1) is 0 Å². The van der Waals surface area contributed by atoms with Crippen LogP contribution in [-0.4, -0.2) is 29.3 Å². The Kier molecular flexibility index (Phi) is 4.75. The van der Waals surface area contributed by atoms with Crippen molar-refractivity contribution in [3.05, 3.63) is 0 Å². The summed E-state index contributed by atoms with van der Waals surface area (Å²) in [4.78, 5) is 14.7. The number of nitrogens with zero attached hydrogens (tertiary/aromatic N) is 1. The van der Waals surface area contributed by atoms with E-state index in [9.17, 15) is 4.79 Å². The summed E-state index contributed by atoms with van der Waals surface area (Å²) in [7, 11) is 2.05. The minimum absolute atomic E-state index is 0.000000000000000222. The molecule has 16 heavy (non-hydrogen) atoms. The molecular weight excluding hydrogens is 198 g/mol. The van der Waals surface area contributed by atoms with Gasteiger partial charge in [-0.2, -0.15) is 0 Å². The van der Waals surface area contributed by atoms with Crippen molar-refractivity contribution >= 4 is 5.78 Å². The van der Waals surface area contributed by atoms with Crippen LogP contribution in [0.3, 0.4) is 0 Å². The molecule has 0 N–H and O–H groups in total. The van der Waals surface area contributed by atoms with Gasteiger partial charge in [0.25, 0.3) is 0 Å². The van der Waals surface area contributed by atoms with Gasteiger partial charge in [-0.3, -0.25) is 9.69 Å². The molecule has 2 heteroatoms. The highest BCUT2D eigenvalue weighted by Gasteiger charge is 2.37. The van der Waals surface area contributed by atoms with E-state index >= 15 is 0 Å². The molecule has 0 aromatic heterocycles. The van der Waals surface area contributed by atoms with E-state index in [4.69, 9.17) is 0 Å². The molecule has 0 bridgehead atoms. The van der Waals surface area contributed by atoms with Crippen molar-refractivity contribution in [3.8, 4) is 0 Å². The van der Waals surface area contributed by atoms with Crippen molar-refractivity contribution in [1.82, 2.24) is 4.90 Å². The Labute approximate surface area is 101 Å². The maximum absolute atomic E-state index is 12.5. The van der Waals surface area contributed by atoms with Gasteiger partial charge < -0.3 is 0 Å². The minimum Gasteiger partial charge on any atom is -0.297 e. The lowest BCUT2D eigenvalue weighted by atomic mass is 9.80. The lowest BCUT2D eigenvalue weighted by molar-refractivity contribution is -0.135. The molecule has 0 rings (SSSR count). The normalized spacial score (nSPS) is 15.7. The van der Waals surface area contributed by atoms with Crippen LogP contribution in [0.1, 0.15) is 55.4 Å². The van der Waals surface area contributed by atoms with E-state index in [1.165, 1.54) is 0 Å². The van der Waals surface area contributed by atoms with Crippen LogP contribution >= 0.6 is 0 Å². The lowest BCUT2D eigenvalue weighted by Crippen LogP contribution is -2.54. The van der Waals surface area contributed by atoms with Gasteiger partial charge in [-0.1, -0.05) is 34.6 Å². The highest BCUT2D eigenvalue weighted by Crippen LogP contribution is 2.27. The van der Waals surface area contributed by atoms with Gasteiger partial charge >= 0.3 is 0 Å². The molecule has 0 saturated heterocycles. The van der Waals surface area contributed by atoms with Gasteiger partial charge in [0.15, 0.2) is 5.78 Å². The molecule has 96 valence electrons. The van der Waals surface area contributed by atoms with Gasteiger partial charge in [0.1, 0.15) is 0 Å². The second-order valence-corrected chi connectivity index (χ2v) is 7.08. The van der Waals surface area contributed by atoms with Crippen LogP contribution in [-0.2, 0) is 4.79 Å². The third-order valence-electron chi connectivity index (χ3n) is 3.11. The van der Waals surface area contributed by atoms with Crippen LogP contribution in [0.25, 0.3) is 0 Å². The Morgan fingerprint density at radius 1 is 1.00 bits per heavy atom. The highest BCUT2D eigenvalue weighted by molar-refractivity contribution is 5.89. The first-order valence-electron chi connectivity index (χ1n) is 6.16. The molecule has 0 heterocycles. The summed E-state index contributed by atoms with van der Waals surface area (Å²) in [6, 6.07) is -0.000000000000000222. The van der Waals surface area contributed by atoms with E-state index < -0.39 is 0 Å². The quantitative estimate of drug-likeness (QED) is 0.737. The number of rotatable bonds is 3. The molecule has 0 fully saturated rings. The number of hydrogen-bond acceptors (Lipinski definition) is 2. The summed E-state index contributed by atoms with van der Waals surface area (Å²) in [5, 5.41) is 0. The Balaban J connectivity index is 5.12. The maximum Gasteiger partial charge on any atom is 0.155 e. The van der Waals surface area contributed by atoms with E-state index in [-0.39, 0.29) is 17.0 Å². The molecule has 0 aliphatic carbocycles. The van der Waals surface area contributed by atoms with Crippen molar-refractivity contribution in [3.63, 3.8) is 0 Å². The molecule has 0 amide bonds. The molecule has 0 spiro atoms. The largest absolute Gasteiger partial charge is 0.297 e. The third-order valence-corrected chi connectivity index (χ3v) is 3.11. The average molecular weight is 227 g/mol. The standard InChI is InChI=1S/C14H29NO/c1-10(2)11(12(16)13(3,4)5)15(9)14(6,7)8/h10-11H,1-9H3/t11-/m1/s1. The number of carbonyl (C=O) groups is 1. The van der Waals surface area contributed by atoms with E-state index in [2.05, 4.69) is 39.5 Å². The molecule has 0 radical (unpaired) electrons. The SMILES string of the molecule is CC(C)[C@H](C(=O)C(C)(C)C)N(C)C(C)(C)C. The van der Waals surface area contributed by atoms with Crippen LogP contribution in [0.2, 0.25) is 0 Å². The molecule has 0 aromatic carbocycles. The first kappa shape index (κ1) is 15.6. The van der Waals surface area contributed by atoms with E-state index in [0.29, 0.717) is 11.7 Å². The van der Waals surface area contributed by atoms with Crippen molar-refractivity contribution in [2.75, 3.05) is 7.05 Å². The topological polar surface area (TPSA) is 20.3 Å². The summed E-state index contributed by atoms with van der Waals surface area (Å²) >= 11 is 0. The van der Waals surface area contributed by atoms with Crippen LogP contribution in [0, 0.1) is 11.3 Å². The number of likely N-dealkylation sites (N-methyl/N-ethyl adjacent to an activating group) is 1. The molecule has 0 aliphatic rings. The smallest absolute Gasteiger partial charge is 0.155 e. The number of carbonyl (C=O) groups excluding carboxylic acids is 1. The second-order valence-electron chi connectivity index (χ2n) is 7.08. The van der Waals surface area contributed by atoms with Crippen LogP contribution < -0.4 is 0 Å². The van der Waals surface area contributed by atoms with Gasteiger partial charge in [-0.25, -0.2) is 0 Å². The first-order chi connectivity index (χ1) is 6.89. The summed E-state index contributed by atoms with van der Waals surface area (Å²) in [6.45, 7) is 16.7. The lowest BCUT2D eigenvalue weighted by Gasteiger charge is -2.42. The van der Waals surface area contributed by atoms with Crippen LogP contribution in [0.15, 0.2) is 0 Å².